The number of piperidine rings is 1. The average molecular weight is 483 g/mol. The first kappa shape index (κ1) is 23.1. The van der Waals surface area contributed by atoms with Crippen molar-refractivity contribution in [1.82, 2.24) is 20.1 Å². The van der Waals surface area contributed by atoms with Crippen molar-refractivity contribution in [2.75, 3.05) is 18.0 Å². The summed E-state index contributed by atoms with van der Waals surface area (Å²) in [5, 5.41) is 7.05. The number of hydrogen-bond donors (Lipinski definition) is 2. The zero-order valence-corrected chi connectivity index (χ0v) is 18.9. The summed E-state index contributed by atoms with van der Waals surface area (Å²) in [6, 6.07) is 9.47. The maximum atomic E-state index is 14.0. The molecule has 0 radical (unpaired) electrons. The van der Waals surface area contributed by atoms with Gasteiger partial charge in [0, 0.05) is 49.2 Å². The molecule has 3 N–H and O–H groups in total. The van der Waals surface area contributed by atoms with Crippen molar-refractivity contribution in [2.45, 2.75) is 38.0 Å². The van der Waals surface area contributed by atoms with Crippen LogP contribution in [0.2, 0.25) is 0 Å². The lowest BCUT2D eigenvalue weighted by molar-refractivity contribution is -0.137. The number of amides is 1. The number of aromatic nitrogens is 3. The van der Waals surface area contributed by atoms with Crippen LogP contribution in [0.4, 0.5) is 18.9 Å². The third kappa shape index (κ3) is 4.79. The first-order valence-corrected chi connectivity index (χ1v) is 11.5. The molecule has 1 aromatic carbocycles. The number of nitrogens with zero attached hydrogens (tertiary/aromatic N) is 4. The van der Waals surface area contributed by atoms with Crippen LogP contribution in [-0.2, 0) is 19.1 Å². The molecule has 1 aliphatic carbocycles. The zero-order chi connectivity index (χ0) is 24.6. The van der Waals surface area contributed by atoms with Gasteiger partial charge in [0.15, 0.2) is 0 Å². The number of carbonyl (C=O) groups is 1. The molecule has 182 valence electrons. The fourth-order valence-electron chi connectivity index (χ4n) is 4.67. The molecule has 2 aliphatic rings. The van der Waals surface area contributed by atoms with Crippen LogP contribution in [0, 0.1) is 0 Å². The van der Waals surface area contributed by atoms with Gasteiger partial charge in [0.1, 0.15) is 0 Å². The normalized spacial score (nSPS) is 17.8. The van der Waals surface area contributed by atoms with E-state index in [2.05, 4.69) is 15.4 Å². The Balaban J connectivity index is 1.42. The minimum atomic E-state index is -4.59. The summed E-state index contributed by atoms with van der Waals surface area (Å²) in [4.78, 5) is 18.8. The zero-order valence-electron chi connectivity index (χ0n) is 18.9. The summed E-state index contributed by atoms with van der Waals surface area (Å²) in [6.45, 7) is 1.27. The molecular formula is C25H25F3N6O. The summed E-state index contributed by atoms with van der Waals surface area (Å²) in [5.74, 6) is -0.442. The highest BCUT2D eigenvalue weighted by Gasteiger charge is 2.40. The fraction of sp³-hybridized carbons (Fsp3) is 0.320. The Hall–Kier alpha value is -3.66. The van der Waals surface area contributed by atoms with Gasteiger partial charge < -0.3 is 16.0 Å². The summed E-state index contributed by atoms with van der Waals surface area (Å²) < 4.78 is 43.6. The Morgan fingerprint density at radius 3 is 2.74 bits per heavy atom. The number of benzene rings is 1. The molecule has 1 atom stereocenters. The van der Waals surface area contributed by atoms with E-state index in [1.807, 2.05) is 30.3 Å². The van der Waals surface area contributed by atoms with Crippen LogP contribution in [-0.4, -0.2) is 39.8 Å². The second kappa shape index (κ2) is 9.18. The monoisotopic (exact) mass is 482 g/mol. The van der Waals surface area contributed by atoms with Crippen LogP contribution >= 0.6 is 0 Å². The fourth-order valence-corrected chi connectivity index (χ4v) is 4.67. The molecule has 1 saturated heterocycles. The van der Waals surface area contributed by atoms with E-state index in [9.17, 15) is 18.0 Å². The lowest BCUT2D eigenvalue weighted by Crippen LogP contribution is -2.44. The van der Waals surface area contributed by atoms with E-state index >= 15 is 0 Å². The number of carbonyl (C=O) groups excluding carboxylic acids is 1. The molecule has 1 aliphatic heterocycles. The molecule has 7 nitrogen and oxygen atoms in total. The lowest BCUT2D eigenvalue weighted by Gasteiger charge is -2.35. The highest BCUT2D eigenvalue weighted by molar-refractivity contribution is 6.01. The largest absolute Gasteiger partial charge is 0.419 e. The number of alkyl halides is 3. The van der Waals surface area contributed by atoms with Crippen LogP contribution in [0.25, 0.3) is 5.70 Å². The van der Waals surface area contributed by atoms with Gasteiger partial charge in [0.2, 0.25) is 0 Å². The number of anilines is 1. The molecule has 10 heteroatoms. The first-order chi connectivity index (χ1) is 16.8. The van der Waals surface area contributed by atoms with Crippen molar-refractivity contribution in [3.8, 4) is 0 Å². The van der Waals surface area contributed by atoms with Gasteiger partial charge >= 0.3 is 6.18 Å². The molecule has 3 heterocycles. The highest BCUT2D eigenvalue weighted by Crippen LogP contribution is 2.43. The molecule has 1 amide bonds. The predicted molar refractivity (Wildman–Crippen MR) is 126 cm³/mol. The standard InChI is InChI=1S/C25H25F3N6O/c26-25(27,28)19-12-30-20-8-9-21(22(20)23(19)33-10-4-7-18(29)15-33)32-24(35)17-11-31-34(14-17)13-16-5-2-1-3-6-16/h1-3,5-6,9,11-12,14,18H,4,7-8,10,13,15,29H2,(H,32,35)/t18-/m1/s1. The molecule has 0 spiro atoms. The summed E-state index contributed by atoms with van der Waals surface area (Å²) in [6.07, 6.45) is 2.87. The molecule has 35 heavy (non-hydrogen) atoms. The second-order valence-electron chi connectivity index (χ2n) is 8.88. The Kier molecular flexibility index (Phi) is 6.06. The van der Waals surface area contributed by atoms with E-state index < -0.39 is 17.6 Å². The van der Waals surface area contributed by atoms with E-state index in [1.54, 1.807) is 21.9 Å². The van der Waals surface area contributed by atoms with Crippen molar-refractivity contribution in [2.24, 2.45) is 5.73 Å². The van der Waals surface area contributed by atoms with Gasteiger partial charge in [-0.05, 0) is 18.4 Å². The van der Waals surface area contributed by atoms with E-state index in [0.717, 1.165) is 18.2 Å². The van der Waals surface area contributed by atoms with Gasteiger partial charge in [-0.1, -0.05) is 36.4 Å². The third-order valence-corrected chi connectivity index (χ3v) is 6.31. The molecule has 3 aromatic rings. The van der Waals surface area contributed by atoms with Crippen LogP contribution < -0.4 is 16.0 Å². The number of nitrogens with one attached hydrogen (secondary N) is 1. The van der Waals surface area contributed by atoms with Crippen LogP contribution in [0.1, 0.15) is 45.6 Å². The molecule has 0 saturated carbocycles. The van der Waals surface area contributed by atoms with E-state index in [1.165, 1.54) is 6.20 Å². The van der Waals surface area contributed by atoms with Crippen LogP contribution in [0.3, 0.4) is 0 Å². The SMILES string of the molecule is N[C@@H]1CCCN(c2c(C(F)(F)F)cnc3c2C(NC(=O)c2cnn(Cc4ccccc4)c2)=CC3)C1. The van der Waals surface area contributed by atoms with E-state index in [-0.39, 0.29) is 11.7 Å². The molecule has 1 fully saturated rings. The quantitative estimate of drug-likeness (QED) is 0.580. The topological polar surface area (TPSA) is 89.1 Å². The van der Waals surface area contributed by atoms with Gasteiger partial charge in [-0.25, -0.2) is 0 Å². The van der Waals surface area contributed by atoms with Crippen molar-refractivity contribution in [3.63, 3.8) is 0 Å². The molecule has 0 bridgehead atoms. The Bertz CT molecular complexity index is 1270. The maximum Gasteiger partial charge on any atom is 0.419 e. The molecule has 2 aromatic heterocycles. The van der Waals surface area contributed by atoms with Gasteiger partial charge in [0.25, 0.3) is 5.91 Å². The van der Waals surface area contributed by atoms with Crippen LogP contribution in [0.15, 0.2) is 55.0 Å². The number of fused-ring (bicyclic) bond motifs is 1. The lowest BCUT2D eigenvalue weighted by atomic mass is 10.0. The number of pyridine rings is 1. The summed E-state index contributed by atoms with van der Waals surface area (Å²) >= 11 is 0. The van der Waals surface area contributed by atoms with Crippen molar-refractivity contribution >= 4 is 17.3 Å². The minimum absolute atomic E-state index is 0.0430. The second-order valence-corrected chi connectivity index (χ2v) is 8.88. The van der Waals surface area contributed by atoms with Crippen molar-refractivity contribution in [1.29, 1.82) is 0 Å². The number of halogens is 3. The van der Waals surface area contributed by atoms with Crippen molar-refractivity contribution in [3.05, 3.63) is 82.9 Å². The molecule has 5 rings (SSSR count). The average Bonchev–Trinajstić information content (AvgIpc) is 3.46. The molecular weight excluding hydrogens is 457 g/mol. The first-order valence-electron chi connectivity index (χ1n) is 11.5. The van der Waals surface area contributed by atoms with E-state index in [4.69, 9.17) is 5.73 Å². The molecule has 0 unspecified atom stereocenters. The van der Waals surface area contributed by atoms with Gasteiger partial charge in [-0.3, -0.25) is 14.5 Å². The number of nitrogens with two attached hydrogens (primary N) is 1. The maximum absolute atomic E-state index is 14.0. The van der Waals surface area contributed by atoms with E-state index in [0.29, 0.717) is 55.0 Å². The number of allylic oxidation sites excluding steroid dienone is 1. The van der Waals surface area contributed by atoms with Gasteiger partial charge in [-0.15, -0.1) is 0 Å². The Morgan fingerprint density at radius 1 is 1.20 bits per heavy atom. The minimum Gasteiger partial charge on any atom is -0.369 e. The van der Waals surface area contributed by atoms with Crippen LogP contribution in [0.5, 0.6) is 0 Å². The Labute approximate surface area is 200 Å². The summed E-state index contributed by atoms with van der Waals surface area (Å²) in [5.41, 5.74) is 7.81. The van der Waals surface area contributed by atoms with Crippen molar-refractivity contribution < 1.29 is 18.0 Å². The summed E-state index contributed by atoms with van der Waals surface area (Å²) in [7, 11) is 0. The third-order valence-electron chi connectivity index (χ3n) is 6.31. The van der Waals surface area contributed by atoms with Gasteiger partial charge in [-0.2, -0.15) is 18.3 Å². The smallest absolute Gasteiger partial charge is 0.369 e. The predicted octanol–water partition coefficient (Wildman–Crippen LogP) is 3.60. The highest BCUT2D eigenvalue weighted by atomic mass is 19.4. The Morgan fingerprint density at radius 2 is 2.00 bits per heavy atom. The number of rotatable bonds is 5. The number of hydrogen-bond acceptors (Lipinski definition) is 5. The van der Waals surface area contributed by atoms with Gasteiger partial charge in [0.05, 0.1) is 35.2 Å².